The van der Waals surface area contributed by atoms with E-state index < -0.39 is 0 Å². The number of hydrogen-bond acceptors (Lipinski definition) is 2. The van der Waals surface area contributed by atoms with Gasteiger partial charge in [0.15, 0.2) is 0 Å². The minimum absolute atomic E-state index is 0.534. The van der Waals surface area contributed by atoms with Gasteiger partial charge in [-0.15, -0.1) is 11.6 Å². The quantitative estimate of drug-likeness (QED) is 0.725. The summed E-state index contributed by atoms with van der Waals surface area (Å²) >= 11 is 5.85. The number of alkyl halides is 1. The van der Waals surface area contributed by atoms with E-state index in [1.54, 1.807) is 0 Å². The summed E-state index contributed by atoms with van der Waals surface area (Å²) in [5.41, 5.74) is 0. The average Bonchev–Trinajstić information content (AvgIpc) is 2.30. The molecule has 1 rings (SSSR count). The Kier molecular flexibility index (Phi) is 6.71. The Hall–Kier alpha value is 0.210. The molecule has 1 aliphatic heterocycles. The molecule has 96 valence electrons. The number of piperidine rings is 1. The van der Waals surface area contributed by atoms with Gasteiger partial charge in [-0.05, 0) is 52.2 Å². The third kappa shape index (κ3) is 4.60. The Morgan fingerprint density at radius 2 is 2.12 bits per heavy atom. The maximum Gasteiger partial charge on any atom is 0.0263 e. The summed E-state index contributed by atoms with van der Waals surface area (Å²) in [5.74, 6) is 1.31. The molecule has 0 amide bonds. The molecule has 0 saturated carbocycles. The van der Waals surface area contributed by atoms with Gasteiger partial charge in [0.25, 0.3) is 0 Å². The van der Waals surface area contributed by atoms with Crippen LogP contribution in [-0.2, 0) is 0 Å². The van der Waals surface area contributed by atoms with Crippen molar-refractivity contribution in [2.75, 3.05) is 26.0 Å². The Bertz CT molecular complexity index is 187. The van der Waals surface area contributed by atoms with Crippen LogP contribution in [0.15, 0.2) is 0 Å². The van der Waals surface area contributed by atoms with E-state index in [0.717, 1.165) is 18.5 Å². The molecular formula is C13H27ClN2. The van der Waals surface area contributed by atoms with Gasteiger partial charge >= 0.3 is 0 Å². The van der Waals surface area contributed by atoms with Crippen LogP contribution in [0.1, 0.15) is 39.5 Å². The third-order valence-corrected chi connectivity index (χ3v) is 4.45. The molecule has 16 heavy (non-hydrogen) atoms. The Morgan fingerprint density at radius 3 is 2.75 bits per heavy atom. The van der Waals surface area contributed by atoms with E-state index in [2.05, 4.69) is 31.1 Å². The Balaban J connectivity index is 2.14. The molecular weight excluding hydrogens is 220 g/mol. The SMILES string of the molecule is CC(CCl)C(C)NCCC1CCCCN1C. The first-order chi connectivity index (χ1) is 7.65. The highest BCUT2D eigenvalue weighted by molar-refractivity contribution is 6.18. The van der Waals surface area contributed by atoms with E-state index in [1.165, 1.54) is 32.2 Å². The Labute approximate surface area is 106 Å². The molecule has 1 fully saturated rings. The second-order valence-corrected chi connectivity index (χ2v) is 5.60. The van der Waals surface area contributed by atoms with Crippen molar-refractivity contribution >= 4 is 11.6 Å². The van der Waals surface area contributed by atoms with Gasteiger partial charge in [0, 0.05) is 18.0 Å². The summed E-state index contributed by atoms with van der Waals surface area (Å²) in [6.07, 6.45) is 5.43. The zero-order chi connectivity index (χ0) is 12.0. The van der Waals surface area contributed by atoms with E-state index in [9.17, 15) is 0 Å². The molecule has 1 N–H and O–H groups in total. The second kappa shape index (κ2) is 7.52. The highest BCUT2D eigenvalue weighted by Crippen LogP contribution is 2.17. The zero-order valence-electron chi connectivity index (χ0n) is 11.0. The highest BCUT2D eigenvalue weighted by Gasteiger charge is 2.18. The molecule has 0 aromatic carbocycles. The summed E-state index contributed by atoms with van der Waals surface area (Å²) in [6, 6.07) is 1.33. The minimum atomic E-state index is 0.534. The van der Waals surface area contributed by atoms with Crippen LogP contribution in [0.5, 0.6) is 0 Å². The molecule has 3 heteroatoms. The molecule has 1 heterocycles. The van der Waals surface area contributed by atoms with Gasteiger partial charge in [-0.1, -0.05) is 13.3 Å². The van der Waals surface area contributed by atoms with Crippen LogP contribution in [0.25, 0.3) is 0 Å². The van der Waals surface area contributed by atoms with E-state index in [4.69, 9.17) is 11.6 Å². The number of likely N-dealkylation sites (tertiary alicyclic amines) is 1. The van der Waals surface area contributed by atoms with E-state index in [0.29, 0.717) is 12.0 Å². The van der Waals surface area contributed by atoms with Crippen molar-refractivity contribution in [2.45, 2.75) is 51.6 Å². The average molecular weight is 247 g/mol. The molecule has 0 radical (unpaired) electrons. The molecule has 0 bridgehead atoms. The van der Waals surface area contributed by atoms with Crippen molar-refractivity contribution in [3.63, 3.8) is 0 Å². The van der Waals surface area contributed by atoms with Gasteiger partial charge < -0.3 is 10.2 Å². The van der Waals surface area contributed by atoms with Crippen molar-refractivity contribution in [3.8, 4) is 0 Å². The molecule has 3 unspecified atom stereocenters. The predicted octanol–water partition coefficient (Wildman–Crippen LogP) is 2.71. The summed E-state index contributed by atoms with van der Waals surface area (Å²) in [7, 11) is 2.26. The molecule has 0 aromatic heterocycles. The molecule has 0 spiro atoms. The van der Waals surface area contributed by atoms with Crippen molar-refractivity contribution in [2.24, 2.45) is 5.92 Å². The summed E-state index contributed by atoms with van der Waals surface area (Å²) in [5, 5.41) is 3.59. The zero-order valence-corrected chi connectivity index (χ0v) is 11.8. The van der Waals surface area contributed by atoms with Crippen LogP contribution in [0.3, 0.4) is 0 Å². The summed E-state index contributed by atoms with van der Waals surface area (Å²) in [6.45, 7) is 6.84. The van der Waals surface area contributed by atoms with Gasteiger partial charge in [0.1, 0.15) is 0 Å². The van der Waals surface area contributed by atoms with Crippen LogP contribution in [0.2, 0.25) is 0 Å². The lowest BCUT2D eigenvalue weighted by atomic mass is 9.99. The molecule has 3 atom stereocenters. The monoisotopic (exact) mass is 246 g/mol. The fourth-order valence-corrected chi connectivity index (χ4v) is 2.59. The first-order valence-electron chi connectivity index (χ1n) is 6.64. The molecule has 1 aliphatic rings. The smallest absolute Gasteiger partial charge is 0.0263 e. The van der Waals surface area contributed by atoms with Crippen molar-refractivity contribution in [3.05, 3.63) is 0 Å². The van der Waals surface area contributed by atoms with Crippen LogP contribution < -0.4 is 5.32 Å². The topological polar surface area (TPSA) is 15.3 Å². The summed E-state index contributed by atoms with van der Waals surface area (Å²) < 4.78 is 0. The van der Waals surface area contributed by atoms with Gasteiger partial charge in [-0.3, -0.25) is 0 Å². The molecule has 0 aliphatic carbocycles. The van der Waals surface area contributed by atoms with Crippen LogP contribution in [-0.4, -0.2) is 43.0 Å². The van der Waals surface area contributed by atoms with E-state index in [-0.39, 0.29) is 0 Å². The normalized spacial score (nSPS) is 26.6. The number of rotatable bonds is 6. The second-order valence-electron chi connectivity index (χ2n) is 5.29. The van der Waals surface area contributed by atoms with Gasteiger partial charge in [-0.2, -0.15) is 0 Å². The van der Waals surface area contributed by atoms with Gasteiger partial charge in [0.05, 0.1) is 0 Å². The van der Waals surface area contributed by atoms with Crippen LogP contribution in [0, 0.1) is 5.92 Å². The van der Waals surface area contributed by atoms with Crippen molar-refractivity contribution in [1.29, 1.82) is 0 Å². The Morgan fingerprint density at radius 1 is 1.38 bits per heavy atom. The lowest BCUT2D eigenvalue weighted by Crippen LogP contribution is -2.40. The maximum absolute atomic E-state index is 5.85. The lowest BCUT2D eigenvalue weighted by Gasteiger charge is -2.33. The van der Waals surface area contributed by atoms with E-state index >= 15 is 0 Å². The lowest BCUT2D eigenvalue weighted by molar-refractivity contribution is 0.174. The van der Waals surface area contributed by atoms with E-state index in [1.807, 2.05) is 0 Å². The summed E-state index contributed by atoms with van der Waals surface area (Å²) in [4.78, 5) is 2.51. The van der Waals surface area contributed by atoms with Crippen LogP contribution >= 0.6 is 11.6 Å². The number of nitrogens with zero attached hydrogens (tertiary/aromatic N) is 1. The van der Waals surface area contributed by atoms with Crippen molar-refractivity contribution in [1.82, 2.24) is 10.2 Å². The van der Waals surface area contributed by atoms with Crippen LogP contribution in [0.4, 0.5) is 0 Å². The standard InChI is InChI=1S/C13H27ClN2/c1-11(10-14)12(2)15-8-7-13-6-4-5-9-16(13)3/h11-13,15H,4-10H2,1-3H3. The molecule has 1 saturated heterocycles. The number of hydrogen-bond donors (Lipinski definition) is 1. The number of nitrogens with one attached hydrogen (secondary N) is 1. The molecule has 2 nitrogen and oxygen atoms in total. The predicted molar refractivity (Wildman–Crippen MR) is 72.2 cm³/mol. The van der Waals surface area contributed by atoms with Gasteiger partial charge in [-0.25, -0.2) is 0 Å². The first kappa shape index (κ1) is 14.3. The largest absolute Gasteiger partial charge is 0.314 e. The fraction of sp³-hybridized carbons (Fsp3) is 1.00. The first-order valence-corrected chi connectivity index (χ1v) is 7.18. The molecule has 0 aromatic rings. The van der Waals surface area contributed by atoms with Gasteiger partial charge in [0.2, 0.25) is 0 Å². The third-order valence-electron chi connectivity index (χ3n) is 3.96. The number of halogens is 1. The minimum Gasteiger partial charge on any atom is -0.314 e. The van der Waals surface area contributed by atoms with Crippen molar-refractivity contribution < 1.29 is 0 Å². The highest BCUT2D eigenvalue weighted by atomic mass is 35.5. The fourth-order valence-electron chi connectivity index (χ4n) is 2.32. The maximum atomic E-state index is 5.85.